The smallest absolute Gasteiger partial charge is 0.222 e. The Labute approximate surface area is 165 Å². The van der Waals surface area contributed by atoms with Crippen LogP contribution >= 0.6 is 0 Å². The van der Waals surface area contributed by atoms with Crippen molar-refractivity contribution < 1.29 is 9.32 Å². The van der Waals surface area contributed by atoms with Gasteiger partial charge in [0.1, 0.15) is 12.0 Å². The Hall–Kier alpha value is -2.83. The SMILES string of the molecule is CCNC(=NCc1ccon1)N1CC(CCN2CCCC2=O)c2ccccc21. The molecular formula is C21H27N5O2. The highest BCUT2D eigenvalue weighted by molar-refractivity contribution is 5.98. The molecule has 0 bridgehead atoms. The third-order valence-corrected chi connectivity index (χ3v) is 5.46. The molecule has 0 radical (unpaired) electrons. The molecule has 2 aliphatic heterocycles. The molecule has 1 N–H and O–H groups in total. The van der Waals surface area contributed by atoms with Crippen LogP contribution in [0.15, 0.2) is 46.1 Å². The van der Waals surface area contributed by atoms with E-state index in [1.807, 2.05) is 11.0 Å². The number of rotatable bonds is 6. The molecule has 0 saturated carbocycles. The van der Waals surface area contributed by atoms with Crippen LogP contribution in [0.2, 0.25) is 0 Å². The van der Waals surface area contributed by atoms with Crippen molar-refractivity contribution in [3.05, 3.63) is 47.9 Å². The fourth-order valence-corrected chi connectivity index (χ4v) is 4.06. The molecule has 7 heteroatoms. The van der Waals surface area contributed by atoms with Crippen LogP contribution in [0.1, 0.15) is 43.4 Å². The first-order valence-corrected chi connectivity index (χ1v) is 10.1. The van der Waals surface area contributed by atoms with Gasteiger partial charge in [0.05, 0.1) is 6.54 Å². The second kappa shape index (κ2) is 8.46. The Bertz CT molecular complexity index is 833. The Balaban J connectivity index is 1.51. The quantitative estimate of drug-likeness (QED) is 0.615. The first-order valence-electron chi connectivity index (χ1n) is 10.1. The Morgan fingerprint density at radius 1 is 1.36 bits per heavy atom. The summed E-state index contributed by atoms with van der Waals surface area (Å²) in [7, 11) is 0. The van der Waals surface area contributed by atoms with Crippen molar-refractivity contribution in [3.8, 4) is 0 Å². The summed E-state index contributed by atoms with van der Waals surface area (Å²) >= 11 is 0. The lowest BCUT2D eigenvalue weighted by Crippen LogP contribution is -2.41. The third kappa shape index (κ3) is 3.88. The van der Waals surface area contributed by atoms with Gasteiger partial charge >= 0.3 is 0 Å². The molecule has 1 aromatic heterocycles. The summed E-state index contributed by atoms with van der Waals surface area (Å²) in [6, 6.07) is 10.3. The number of guanidine groups is 1. The number of amides is 1. The maximum atomic E-state index is 12.0. The fourth-order valence-electron chi connectivity index (χ4n) is 4.06. The van der Waals surface area contributed by atoms with Crippen LogP contribution in [0.4, 0.5) is 5.69 Å². The maximum Gasteiger partial charge on any atom is 0.222 e. The van der Waals surface area contributed by atoms with Crippen molar-refractivity contribution in [2.75, 3.05) is 31.1 Å². The monoisotopic (exact) mass is 381 g/mol. The second-order valence-electron chi connectivity index (χ2n) is 7.30. The van der Waals surface area contributed by atoms with Crippen LogP contribution in [0.25, 0.3) is 0 Å². The number of aliphatic imine (C=N–C) groups is 1. The molecule has 2 aliphatic rings. The van der Waals surface area contributed by atoms with Gasteiger partial charge in [-0.25, -0.2) is 4.99 Å². The van der Waals surface area contributed by atoms with Crippen molar-refractivity contribution in [1.29, 1.82) is 0 Å². The van der Waals surface area contributed by atoms with Crippen LogP contribution in [0.3, 0.4) is 0 Å². The van der Waals surface area contributed by atoms with Crippen LogP contribution in [-0.2, 0) is 11.3 Å². The largest absolute Gasteiger partial charge is 0.364 e. The minimum absolute atomic E-state index is 0.297. The molecule has 1 saturated heterocycles. The van der Waals surface area contributed by atoms with Crippen LogP contribution in [-0.4, -0.2) is 48.1 Å². The molecule has 148 valence electrons. The highest BCUT2D eigenvalue weighted by Crippen LogP contribution is 2.38. The van der Waals surface area contributed by atoms with Gasteiger partial charge in [-0.3, -0.25) is 4.79 Å². The van der Waals surface area contributed by atoms with E-state index in [1.54, 1.807) is 6.26 Å². The number of carbonyl (C=O) groups excluding carboxylic acids is 1. The molecule has 1 atom stereocenters. The number of hydrogen-bond donors (Lipinski definition) is 1. The van der Waals surface area contributed by atoms with E-state index in [1.165, 1.54) is 11.3 Å². The predicted molar refractivity (Wildman–Crippen MR) is 108 cm³/mol. The number of nitrogens with one attached hydrogen (secondary N) is 1. The van der Waals surface area contributed by atoms with Gasteiger partial charge in [0.2, 0.25) is 5.91 Å². The van der Waals surface area contributed by atoms with E-state index in [0.29, 0.717) is 24.8 Å². The van der Waals surface area contributed by atoms with E-state index in [9.17, 15) is 4.79 Å². The molecule has 0 aliphatic carbocycles. The number of nitrogens with zero attached hydrogens (tertiary/aromatic N) is 4. The number of benzene rings is 1. The minimum atomic E-state index is 0.297. The first-order chi connectivity index (χ1) is 13.8. The topological polar surface area (TPSA) is 74.0 Å². The molecule has 28 heavy (non-hydrogen) atoms. The average Bonchev–Trinajstić information content (AvgIpc) is 3.44. The summed E-state index contributed by atoms with van der Waals surface area (Å²) in [5, 5.41) is 7.35. The standard InChI is InChI=1S/C21H27N5O2/c1-2-22-21(23-14-17-10-13-28-24-17)26-15-16(18-6-3-4-7-19(18)26)9-12-25-11-5-8-20(25)27/h3-4,6-7,10,13,16H,2,5,8-9,11-12,14-15H2,1H3,(H,22,23). The zero-order valence-corrected chi connectivity index (χ0v) is 16.3. The van der Waals surface area contributed by atoms with E-state index in [2.05, 4.69) is 46.6 Å². The highest BCUT2D eigenvalue weighted by atomic mass is 16.5. The number of hydrogen-bond acceptors (Lipinski definition) is 4. The molecular weight excluding hydrogens is 354 g/mol. The van der Waals surface area contributed by atoms with E-state index < -0.39 is 0 Å². The van der Waals surface area contributed by atoms with Gasteiger partial charge in [-0.1, -0.05) is 23.4 Å². The Morgan fingerprint density at radius 2 is 2.25 bits per heavy atom. The number of para-hydroxylation sites is 1. The van der Waals surface area contributed by atoms with Crippen molar-refractivity contribution in [3.63, 3.8) is 0 Å². The zero-order valence-electron chi connectivity index (χ0n) is 16.3. The molecule has 1 amide bonds. The van der Waals surface area contributed by atoms with Crippen molar-refractivity contribution >= 4 is 17.6 Å². The number of aromatic nitrogens is 1. The van der Waals surface area contributed by atoms with Crippen molar-refractivity contribution in [2.24, 2.45) is 4.99 Å². The average molecular weight is 381 g/mol. The predicted octanol–water partition coefficient (Wildman–Crippen LogP) is 2.76. The van der Waals surface area contributed by atoms with Gasteiger partial charge < -0.3 is 19.6 Å². The van der Waals surface area contributed by atoms with E-state index in [-0.39, 0.29) is 0 Å². The minimum Gasteiger partial charge on any atom is -0.364 e. The number of fused-ring (bicyclic) bond motifs is 1. The van der Waals surface area contributed by atoms with Gasteiger partial charge in [0.25, 0.3) is 0 Å². The summed E-state index contributed by atoms with van der Waals surface area (Å²) in [5.74, 6) is 1.55. The van der Waals surface area contributed by atoms with Gasteiger partial charge in [0, 0.05) is 50.3 Å². The normalized spacial score (nSPS) is 19.4. The molecule has 1 fully saturated rings. The van der Waals surface area contributed by atoms with Gasteiger partial charge in [0.15, 0.2) is 5.96 Å². The van der Waals surface area contributed by atoms with Crippen LogP contribution < -0.4 is 10.2 Å². The number of anilines is 1. The summed E-state index contributed by atoms with van der Waals surface area (Å²) in [4.78, 5) is 21.0. The van der Waals surface area contributed by atoms with E-state index >= 15 is 0 Å². The Kier molecular flexibility index (Phi) is 5.60. The van der Waals surface area contributed by atoms with Crippen LogP contribution in [0, 0.1) is 0 Å². The molecule has 7 nitrogen and oxygen atoms in total. The van der Waals surface area contributed by atoms with Crippen molar-refractivity contribution in [1.82, 2.24) is 15.4 Å². The number of likely N-dealkylation sites (tertiary alicyclic amines) is 1. The molecule has 3 heterocycles. The second-order valence-corrected chi connectivity index (χ2v) is 7.30. The summed E-state index contributed by atoms with van der Waals surface area (Å²) < 4.78 is 4.91. The van der Waals surface area contributed by atoms with E-state index in [4.69, 9.17) is 9.52 Å². The van der Waals surface area contributed by atoms with Gasteiger partial charge in [-0.15, -0.1) is 0 Å². The lowest BCUT2D eigenvalue weighted by Gasteiger charge is -2.23. The molecule has 1 aromatic carbocycles. The van der Waals surface area contributed by atoms with Crippen LogP contribution in [0.5, 0.6) is 0 Å². The summed E-state index contributed by atoms with van der Waals surface area (Å²) in [6.45, 7) is 5.95. The lowest BCUT2D eigenvalue weighted by molar-refractivity contribution is -0.127. The first kappa shape index (κ1) is 18.5. The highest BCUT2D eigenvalue weighted by Gasteiger charge is 2.32. The van der Waals surface area contributed by atoms with Gasteiger partial charge in [-0.2, -0.15) is 0 Å². The molecule has 2 aromatic rings. The Morgan fingerprint density at radius 3 is 3.00 bits per heavy atom. The molecule has 4 rings (SSSR count). The fraction of sp³-hybridized carbons (Fsp3) is 0.476. The maximum absolute atomic E-state index is 12.0. The third-order valence-electron chi connectivity index (χ3n) is 5.46. The lowest BCUT2D eigenvalue weighted by atomic mass is 9.98. The van der Waals surface area contributed by atoms with Gasteiger partial charge in [-0.05, 0) is 31.4 Å². The van der Waals surface area contributed by atoms with E-state index in [0.717, 1.165) is 50.7 Å². The summed E-state index contributed by atoms with van der Waals surface area (Å²) in [6.07, 6.45) is 4.23. The number of carbonyl (C=O) groups is 1. The zero-order chi connectivity index (χ0) is 19.3. The van der Waals surface area contributed by atoms with Crippen molar-refractivity contribution in [2.45, 2.75) is 38.6 Å². The molecule has 0 spiro atoms. The summed E-state index contributed by atoms with van der Waals surface area (Å²) in [5.41, 5.74) is 3.34. The molecule has 1 unspecified atom stereocenters.